The summed E-state index contributed by atoms with van der Waals surface area (Å²) in [6.45, 7) is 2.32. The molecule has 0 unspecified atom stereocenters. The van der Waals surface area contributed by atoms with E-state index in [1.165, 1.54) is 0 Å². The van der Waals surface area contributed by atoms with E-state index >= 15 is 0 Å². The summed E-state index contributed by atoms with van der Waals surface area (Å²) in [6, 6.07) is 15.0. The highest BCUT2D eigenvalue weighted by Crippen LogP contribution is 2.31. The van der Waals surface area contributed by atoms with Gasteiger partial charge in [0.2, 0.25) is 6.10 Å². The number of nitrogens with zero attached hydrogens (tertiary/aromatic N) is 2. The van der Waals surface area contributed by atoms with E-state index in [4.69, 9.17) is 18.9 Å². The van der Waals surface area contributed by atoms with Crippen molar-refractivity contribution >= 4 is 17.6 Å². The minimum Gasteiger partial charge on any atom is -0.497 e. The zero-order chi connectivity index (χ0) is 20.9. The number of hydrogen-bond donors (Lipinski definition) is 0. The molecule has 2 aliphatic rings. The molecule has 0 aromatic heterocycles. The van der Waals surface area contributed by atoms with Crippen molar-refractivity contribution in [2.75, 3.05) is 51.4 Å². The number of fused-ring (bicyclic) bond motifs is 1. The van der Waals surface area contributed by atoms with Crippen molar-refractivity contribution in [2.24, 2.45) is 0 Å². The van der Waals surface area contributed by atoms with E-state index in [2.05, 4.69) is 4.90 Å². The molecule has 0 spiro atoms. The summed E-state index contributed by atoms with van der Waals surface area (Å²) in [6.07, 6.45) is -0.875. The highest BCUT2D eigenvalue weighted by atomic mass is 16.6. The van der Waals surface area contributed by atoms with Crippen LogP contribution in [0.3, 0.4) is 0 Å². The van der Waals surface area contributed by atoms with Crippen LogP contribution < -0.4 is 19.1 Å². The summed E-state index contributed by atoms with van der Waals surface area (Å²) in [5.41, 5.74) is 1.09. The van der Waals surface area contributed by atoms with E-state index in [0.717, 1.165) is 11.4 Å². The van der Waals surface area contributed by atoms with E-state index in [0.29, 0.717) is 37.7 Å². The molecule has 8 nitrogen and oxygen atoms in total. The lowest BCUT2D eigenvalue weighted by molar-refractivity contribution is -0.160. The van der Waals surface area contributed by atoms with Gasteiger partial charge in [0, 0.05) is 31.9 Å². The maximum absolute atomic E-state index is 12.5. The molecule has 1 saturated heterocycles. The molecule has 30 heavy (non-hydrogen) atoms. The van der Waals surface area contributed by atoms with E-state index in [1.807, 2.05) is 30.3 Å². The largest absolute Gasteiger partial charge is 0.497 e. The second-order valence-electron chi connectivity index (χ2n) is 7.04. The second-order valence-corrected chi connectivity index (χ2v) is 7.04. The van der Waals surface area contributed by atoms with Crippen molar-refractivity contribution in [1.82, 2.24) is 4.90 Å². The fourth-order valence-corrected chi connectivity index (χ4v) is 3.46. The first-order chi connectivity index (χ1) is 14.6. The third kappa shape index (κ3) is 4.42. The Balaban J connectivity index is 1.23. The Hall–Kier alpha value is -3.42. The maximum atomic E-state index is 12.5. The van der Waals surface area contributed by atoms with Gasteiger partial charge < -0.3 is 28.7 Å². The molecule has 2 aliphatic heterocycles. The average molecular weight is 412 g/mol. The van der Waals surface area contributed by atoms with E-state index < -0.39 is 12.1 Å². The molecule has 2 aromatic carbocycles. The molecule has 0 N–H and O–H groups in total. The molecule has 0 bridgehead atoms. The predicted molar refractivity (Wildman–Crippen MR) is 109 cm³/mol. The second kappa shape index (κ2) is 8.94. The number of anilines is 1. The van der Waals surface area contributed by atoms with Crippen molar-refractivity contribution in [2.45, 2.75) is 6.10 Å². The quantitative estimate of drug-likeness (QED) is 0.692. The van der Waals surface area contributed by atoms with Gasteiger partial charge in [-0.15, -0.1) is 0 Å². The lowest BCUT2D eigenvalue weighted by Crippen LogP contribution is -2.50. The monoisotopic (exact) mass is 412 g/mol. The SMILES string of the molecule is COc1ccc(N2CCN(C(=O)COC(=O)[C@H]3COc4ccccc4O3)CC2)cc1. The van der Waals surface area contributed by atoms with Crippen molar-refractivity contribution in [3.8, 4) is 17.2 Å². The first-order valence-corrected chi connectivity index (χ1v) is 9.86. The summed E-state index contributed by atoms with van der Waals surface area (Å²) in [5.74, 6) is 1.08. The Labute approximate surface area is 174 Å². The molecule has 2 aromatic rings. The van der Waals surface area contributed by atoms with Gasteiger partial charge in [0.05, 0.1) is 7.11 Å². The van der Waals surface area contributed by atoms with Crippen LogP contribution in [0.25, 0.3) is 0 Å². The standard InChI is InChI=1S/C22H24N2O6/c1-27-17-8-6-16(7-9-17)23-10-12-24(13-11-23)21(25)15-29-22(26)20-14-28-18-4-2-3-5-19(18)30-20/h2-9,20H,10-15H2,1H3/t20-/m1/s1. The minimum atomic E-state index is -0.875. The van der Waals surface area contributed by atoms with Crippen LogP contribution in [0, 0.1) is 0 Å². The van der Waals surface area contributed by atoms with Gasteiger partial charge in [-0.2, -0.15) is 0 Å². The van der Waals surface area contributed by atoms with Crippen LogP contribution in [0.2, 0.25) is 0 Å². The number of piperazine rings is 1. The third-order valence-corrected chi connectivity index (χ3v) is 5.18. The number of benzene rings is 2. The van der Waals surface area contributed by atoms with Crippen molar-refractivity contribution in [1.29, 1.82) is 0 Å². The summed E-state index contributed by atoms with van der Waals surface area (Å²) in [5, 5.41) is 0. The fourth-order valence-electron chi connectivity index (χ4n) is 3.46. The van der Waals surface area contributed by atoms with Crippen LogP contribution in [0.5, 0.6) is 17.2 Å². The zero-order valence-corrected chi connectivity index (χ0v) is 16.8. The first kappa shape index (κ1) is 19.9. The summed E-state index contributed by atoms with van der Waals surface area (Å²) in [7, 11) is 1.64. The van der Waals surface area contributed by atoms with Gasteiger partial charge in [0.25, 0.3) is 5.91 Å². The summed E-state index contributed by atoms with van der Waals surface area (Å²) in [4.78, 5) is 28.6. The summed E-state index contributed by atoms with van der Waals surface area (Å²) < 4.78 is 21.5. The first-order valence-electron chi connectivity index (χ1n) is 9.86. The van der Waals surface area contributed by atoms with Gasteiger partial charge in [0.15, 0.2) is 18.1 Å². The number of ether oxygens (including phenoxy) is 4. The molecule has 0 aliphatic carbocycles. The van der Waals surface area contributed by atoms with E-state index in [9.17, 15) is 9.59 Å². The molecule has 158 valence electrons. The van der Waals surface area contributed by atoms with Crippen LogP contribution in [-0.4, -0.2) is 69.4 Å². The normalized spacial score (nSPS) is 18.0. The van der Waals surface area contributed by atoms with Gasteiger partial charge in [-0.1, -0.05) is 12.1 Å². The van der Waals surface area contributed by atoms with E-state index in [1.54, 1.807) is 30.2 Å². The van der Waals surface area contributed by atoms with Crippen LogP contribution in [-0.2, 0) is 14.3 Å². The topological polar surface area (TPSA) is 77.5 Å². The van der Waals surface area contributed by atoms with Crippen LogP contribution in [0.4, 0.5) is 5.69 Å². The van der Waals surface area contributed by atoms with Gasteiger partial charge in [-0.25, -0.2) is 4.79 Å². The molecule has 1 atom stereocenters. The number of rotatable bonds is 5. The fraction of sp³-hybridized carbons (Fsp3) is 0.364. The zero-order valence-electron chi connectivity index (χ0n) is 16.8. The number of carbonyl (C=O) groups is 2. The molecular weight excluding hydrogens is 388 g/mol. The molecule has 0 saturated carbocycles. The Kier molecular flexibility index (Phi) is 5.92. The Morgan fingerprint density at radius 3 is 2.40 bits per heavy atom. The number of para-hydroxylation sites is 2. The van der Waals surface area contributed by atoms with Gasteiger partial charge in [0.1, 0.15) is 12.4 Å². The van der Waals surface area contributed by atoms with Crippen molar-refractivity contribution < 1.29 is 28.5 Å². The molecule has 0 radical (unpaired) electrons. The number of methoxy groups -OCH3 is 1. The third-order valence-electron chi connectivity index (χ3n) is 5.18. The Morgan fingerprint density at radius 2 is 1.70 bits per heavy atom. The predicted octanol–water partition coefficient (Wildman–Crippen LogP) is 1.73. The lowest BCUT2D eigenvalue weighted by Gasteiger charge is -2.36. The molecule has 4 rings (SSSR count). The Morgan fingerprint density at radius 1 is 1.00 bits per heavy atom. The molecule has 1 amide bonds. The number of amides is 1. The highest BCUT2D eigenvalue weighted by Gasteiger charge is 2.30. The van der Waals surface area contributed by atoms with Gasteiger partial charge in [-0.3, -0.25) is 4.79 Å². The van der Waals surface area contributed by atoms with Crippen molar-refractivity contribution in [3.63, 3.8) is 0 Å². The van der Waals surface area contributed by atoms with Crippen LogP contribution in [0.1, 0.15) is 0 Å². The molecule has 2 heterocycles. The molecule has 1 fully saturated rings. The smallest absolute Gasteiger partial charge is 0.351 e. The maximum Gasteiger partial charge on any atom is 0.351 e. The van der Waals surface area contributed by atoms with Gasteiger partial charge >= 0.3 is 5.97 Å². The Bertz CT molecular complexity index is 893. The minimum absolute atomic E-state index is 0.0601. The van der Waals surface area contributed by atoms with Crippen molar-refractivity contribution in [3.05, 3.63) is 48.5 Å². The van der Waals surface area contributed by atoms with E-state index in [-0.39, 0.29) is 19.1 Å². The van der Waals surface area contributed by atoms with Gasteiger partial charge in [-0.05, 0) is 36.4 Å². The number of hydrogen-bond acceptors (Lipinski definition) is 7. The molecular formula is C22H24N2O6. The van der Waals surface area contributed by atoms with Crippen LogP contribution in [0.15, 0.2) is 48.5 Å². The highest BCUT2D eigenvalue weighted by molar-refractivity contribution is 5.82. The lowest BCUT2D eigenvalue weighted by atomic mass is 10.2. The number of esters is 1. The average Bonchev–Trinajstić information content (AvgIpc) is 2.82. The van der Waals surface area contributed by atoms with Crippen LogP contribution >= 0.6 is 0 Å². The molecule has 8 heteroatoms. The number of carbonyl (C=O) groups excluding carboxylic acids is 2. The summed E-state index contributed by atoms with van der Waals surface area (Å²) >= 11 is 0.